The van der Waals surface area contributed by atoms with Gasteiger partial charge < -0.3 is 56.8 Å². The summed E-state index contributed by atoms with van der Waals surface area (Å²) in [5.41, 5.74) is 4.00. The number of rotatable bonds is 24. The summed E-state index contributed by atoms with van der Waals surface area (Å²) in [6.07, 6.45) is -14.9. The molecular weight excluding hydrogens is 993 g/mol. The van der Waals surface area contributed by atoms with Gasteiger partial charge in [0.15, 0.2) is 43.5 Å². The van der Waals surface area contributed by atoms with Crippen LogP contribution in [0.5, 0.6) is 0 Å². The molecule has 0 aromatic heterocycles. The minimum Gasteiger partial charge on any atom is -0.463 e. The first kappa shape index (κ1) is 55.2. The first-order valence-corrected chi connectivity index (χ1v) is 25.6. The molecule has 4 aliphatic rings. The molecule has 4 aliphatic heterocycles. The number of hydrogen-bond donors (Lipinski definition) is 0. The van der Waals surface area contributed by atoms with Crippen molar-refractivity contribution >= 4 is 31.3 Å². The van der Waals surface area contributed by atoms with Gasteiger partial charge in [-0.05, 0) is 41.3 Å². The Hall–Kier alpha value is -6.55. The lowest BCUT2D eigenvalue weighted by Gasteiger charge is -2.49. The summed E-state index contributed by atoms with van der Waals surface area (Å²) >= 11 is 0. The van der Waals surface area contributed by atoms with Gasteiger partial charge >= 0.3 is 17.9 Å². The van der Waals surface area contributed by atoms with Gasteiger partial charge in [-0.1, -0.05) is 152 Å². The van der Waals surface area contributed by atoms with Crippen LogP contribution in [0.4, 0.5) is 0 Å². The monoisotopic (exact) mass is 1060 g/mol. The fourth-order valence-corrected chi connectivity index (χ4v) is 9.83. The van der Waals surface area contributed by atoms with E-state index in [-0.39, 0.29) is 46.2 Å². The third-order valence-corrected chi connectivity index (χ3v) is 13.6. The van der Waals surface area contributed by atoms with E-state index in [4.69, 9.17) is 56.8 Å². The normalized spacial score (nSPS) is 29.7. The lowest BCUT2D eigenvalue weighted by Crippen LogP contribution is -2.67. The van der Waals surface area contributed by atoms with Crippen LogP contribution >= 0.6 is 0 Å². The molecule has 4 heterocycles. The summed E-state index contributed by atoms with van der Waals surface area (Å²) < 4.78 is 83.8. The number of aliphatic hydroxyl groups is 2. The number of fused-ring (bicyclic) bond motifs is 2. The van der Waals surface area contributed by atoms with Gasteiger partial charge in [-0.3, -0.25) is 24.3 Å². The Bertz CT molecular complexity index is 2660. The van der Waals surface area contributed by atoms with Crippen molar-refractivity contribution in [2.75, 3.05) is 13.2 Å². The Morgan fingerprint density at radius 1 is 0.494 bits per heavy atom. The van der Waals surface area contributed by atoms with Gasteiger partial charge in [-0.15, -0.1) is 0 Å². The van der Waals surface area contributed by atoms with Crippen LogP contribution in [0.25, 0.3) is 0 Å². The van der Waals surface area contributed by atoms with Gasteiger partial charge in [0.2, 0.25) is 0 Å². The van der Waals surface area contributed by atoms with E-state index in [1.807, 2.05) is 152 Å². The van der Waals surface area contributed by atoms with Crippen LogP contribution < -0.4 is 0 Å². The lowest BCUT2D eigenvalue weighted by atomic mass is 9.94. The highest BCUT2D eigenvalue weighted by Gasteiger charge is 2.61. The maximum absolute atomic E-state index is 15.1. The van der Waals surface area contributed by atoms with Gasteiger partial charge in [0.05, 0.1) is 26.4 Å². The van der Waals surface area contributed by atoms with E-state index in [1.54, 1.807) is 0 Å². The smallest absolute Gasteiger partial charge is 0.338 e. The van der Waals surface area contributed by atoms with Gasteiger partial charge in [0, 0.05) is 13.8 Å². The number of benzene rings is 5. The van der Waals surface area contributed by atoms with Crippen molar-refractivity contribution in [2.24, 2.45) is 9.98 Å². The zero-order valence-corrected chi connectivity index (χ0v) is 42.9. The van der Waals surface area contributed by atoms with Crippen molar-refractivity contribution in [3.63, 3.8) is 0 Å². The van der Waals surface area contributed by atoms with Crippen LogP contribution in [0, 0.1) is 0 Å². The maximum atomic E-state index is 15.1. The predicted octanol–water partition coefficient (Wildman–Crippen LogP) is 6.19. The average Bonchev–Trinajstić information content (AvgIpc) is 3.99. The van der Waals surface area contributed by atoms with E-state index in [2.05, 4.69) is 28.2 Å². The zero-order chi connectivity index (χ0) is 53.5. The molecule has 77 heavy (non-hydrogen) atoms. The van der Waals surface area contributed by atoms with E-state index in [0.29, 0.717) is 5.56 Å². The maximum Gasteiger partial charge on any atom is 0.338 e. The Kier molecular flexibility index (Phi) is 19.5. The number of aliphatic imine (C=N–C) groups is 2. The summed E-state index contributed by atoms with van der Waals surface area (Å²) in [6.45, 7) is 10.4. The molecule has 5 aromatic rings. The molecule has 5 aromatic carbocycles. The summed E-state index contributed by atoms with van der Waals surface area (Å²) in [4.78, 5) is 49.3. The summed E-state index contributed by atoms with van der Waals surface area (Å²) in [5, 5.41) is 0. The third kappa shape index (κ3) is 14.3. The molecule has 18 nitrogen and oxygen atoms in total. The number of carbonyl (C=O) groups is 3. The molecule has 18 heteroatoms. The molecule has 0 saturated carbocycles. The highest BCUT2D eigenvalue weighted by atomic mass is 16.8. The number of nitrogens with zero attached hydrogens (tertiary/aromatic N) is 2. The molecule has 0 radical (unpaired) electrons. The van der Waals surface area contributed by atoms with Crippen LogP contribution in [0.15, 0.2) is 162 Å². The van der Waals surface area contributed by atoms with E-state index < -0.39 is 110 Å². The SMILES string of the molecule is C=NC1C(OCc2ccccc2)[C@H](OCc2ccccc2)C(COC(C)=O)O[C@@H]1O[C@@H]1C(C(=O)OCc2ccccc2)O[C@@H](O[C@@H]2C3C[OH+][C@H](O3)C(N=C)C2OC(C)=O)C(OCc2ccccc2)C1OCc1ccccc1. The summed E-state index contributed by atoms with van der Waals surface area (Å²) in [7, 11) is 0. The van der Waals surface area contributed by atoms with E-state index in [0.717, 1.165) is 22.3 Å². The van der Waals surface area contributed by atoms with E-state index in [1.165, 1.54) is 13.8 Å². The lowest BCUT2D eigenvalue weighted by molar-refractivity contribution is -0.366. The van der Waals surface area contributed by atoms with Crippen LogP contribution in [-0.4, -0.2) is 141 Å². The molecule has 4 fully saturated rings. The standard InChI is InChI=1S/C59H64N2O16/c1-37(62)65-35-44-48(66-30-39-20-10-5-11-21-39)50(67-31-40-22-12-6-13-23-40)46(60-3)58(74-44)76-53-52(68-32-41-24-14-7-15-25-41)55(69-33-42-26-16-8-17-27-42)59(77-54(53)56(64)70-34-43-28-18-9-19-29-43)75-49-45-36-71-57(73-45)47(61-4)51(49)72-38(2)63/h5-29,44-55,57-59H,3-4,30-36H2,1-2H3/p+1/t44?,45?,46?,47?,48-,49-,50?,51?,52?,53+,54?,55?,57-,58-,59-/m1/s1. The fraction of sp³-hybridized carbons (Fsp3) is 0.407. The molecule has 0 spiro atoms. The van der Waals surface area contributed by atoms with Crippen LogP contribution in [0.1, 0.15) is 41.7 Å². The summed E-state index contributed by atoms with van der Waals surface area (Å²) in [5.74, 6) is -2.00. The van der Waals surface area contributed by atoms with Crippen LogP contribution in [-0.2, 0) is 104 Å². The molecule has 1 N–H and O–H groups in total. The largest absolute Gasteiger partial charge is 0.463 e. The number of carbonyl (C=O) groups excluding carboxylic acids is 3. The Labute approximate surface area is 447 Å². The second-order valence-electron chi connectivity index (χ2n) is 19.0. The van der Waals surface area contributed by atoms with E-state index in [9.17, 15) is 9.59 Å². The van der Waals surface area contributed by atoms with Gasteiger partial charge in [0.1, 0.15) is 62.0 Å². The zero-order valence-electron chi connectivity index (χ0n) is 42.9. The van der Waals surface area contributed by atoms with Crippen molar-refractivity contribution in [2.45, 2.75) is 139 Å². The van der Waals surface area contributed by atoms with Crippen molar-refractivity contribution in [3.05, 3.63) is 179 Å². The fourth-order valence-electron chi connectivity index (χ4n) is 9.83. The van der Waals surface area contributed by atoms with Gasteiger partial charge in [-0.2, -0.15) is 0 Å². The average molecular weight is 1060 g/mol. The topological polar surface area (TPSA) is 199 Å². The van der Waals surface area contributed by atoms with Gasteiger partial charge in [-0.25, -0.2) is 4.79 Å². The number of esters is 3. The first-order valence-electron chi connectivity index (χ1n) is 25.6. The molecule has 15 atom stereocenters. The minimum atomic E-state index is -1.65. The molecule has 4 saturated heterocycles. The second kappa shape index (κ2) is 27.2. The van der Waals surface area contributed by atoms with E-state index >= 15 is 4.79 Å². The van der Waals surface area contributed by atoms with Crippen LogP contribution in [0.2, 0.25) is 0 Å². The molecule has 0 aliphatic carbocycles. The highest BCUT2D eigenvalue weighted by molar-refractivity contribution is 5.76. The van der Waals surface area contributed by atoms with Crippen molar-refractivity contribution in [1.29, 1.82) is 0 Å². The molecule has 0 amide bonds. The molecule has 9 rings (SSSR count). The van der Waals surface area contributed by atoms with Crippen LogP contribution in [0.3, 0.4) is 0 Å². The molecule has 2 bridgehead atoms. The minimum absolute atomic E-state index is 0.00866. The molecule has 406 valence electrons. The Morgan fingerprint density at radius 2 is 0.961 bits per heavy atom. The van der Waals surface area contributed by atoms with Crippen molar-refractivity contribution < 1.29 is 76.0 Å². The third-order valence-electron chi connectivity index (χ3n) is 13.6. The Morgan fingerprint density at radius 3 is 1.45 bits per heavy atom. The van der Waals surface area contributed by atoms with Crippen molar-refractivity contribution in [3.8, 4) is 0 Å². The second-order valence-corrected chi connectivity index (χ2v) is 19.0. The molecular formula is C59H65N2O16+. The predicted molar refractivity (Wildman–Crippen MR) is 278 cm³/mol. The number of hydrogen-bond acceptors (Lipinski definition) is 17. The molecule has 9 unspecified atom stereocenters. The van der Waals surface area contributed by atoms with Crippen molar-refractivity contribution in [1.82, 2.24) is 0 Å². The first-order chi connectivity index (χ1) is 37.6. The highest BCUT2D eigenvalue weighted by Crippen LogP contribution is 2.40. The quantitative estimate of drug-likeness (QED) is 0.0293. The van der Waals surface area contributed by atoms with Gasteiger partial charge in [0.25, 0.3) is 6.29 Å². The Balaban J connectivity index is 1.14. The number of ether oxygens (including phenoxy) is 13. The summed E-state index contributed by atoms with van der Waals surface area (Å²) in [6, 6.07) is 45.3.